The van der Waals surface area contributed by atoms with E-state index in [4.69, 9.17) is 0 Å². The van der Waals surface area contributed by atoms with E-state index in [1.165, 1.54) is 25.0 Å². The fraction of sp³-hybridized carbons (Fsp3) is 0.417. The molecule has 1 aromatic carbocycles. The van der Waals surface area contributed by atoms with E-state index in [1.807, 2.05) is 0 Å². The second kappa shape index (κ2) is 7.07. The van der Waals surface area contributed by atoms with Crippen LogP contribution in [0.15, 0.2) is 22.7 Å². The third kappa shape index (κ3) is 4.92. The van der Waals surface area contributed by atoms with Crippen molar-refractivity contribution in [2.45, 2.75) is 12.8 Å². The lowest BCUT2D eigenvalue weighted by molar-refractivity contribution is -0.115. The molecule has 2 N–H and O–H groups in total. The molecule has 3 nitrogen and oxygen atoms in total. The maximum Gasteiger partial charge on any atom is 0.238 e. The van der Waals surface area contributed by atoms with Crippen LogP contribution in [0.2, 0.25) is 0 Å². The molecule has 1 aromatic rings. The molecule has 0 aliphatic heterocycles. The van der Waals surface area contributed by atoms with Gasteiger partial charge in [-0.15, -0.1) is 12.4 Å². The number of rotatable bonds is 5. The van der Waals surface area contributed by atoms with Crippen LogP contribution in [0.1, 0.15) is 12.8 Å². The predicted molar refractivity (Wildman–Crippen MR) is 75.6 cm³/mol. The first-order chi connectivity index (χ1) is 8.15. The Balaban J connectivity index is 0.00000162. The Kier molecular flexibility index (Phi) is 6.05. The molecule has 0 aromatic heterocycles. The Morgan fingerprint density at radius 1 is 1.44 bits per heavy atom. The summed E-state index contributed by atoms with van der Waals surface area (Å²) in [5.41, 5.74) is 0.214. The number of benzene rings is 1. The standard InChI is InChI=1S/C12H14BrFN2O.ClH/c13-9-3-4-11(10(14)5-9)16-12(17)7-15-6-8-1-2-8;/h3-5,8,15H,1-2,6-7H2,(H,16,17);1H. The molecule has 100 valence electrons. The van der Waals surface area contributed by atoms with E-state index in [2.05, 4.69) is 26.6 Å². The molecular weight excluding hydrogens is 323 g/mol. The molecule has 0 radical (unpaired) electrons. The molecule has 0 bridgehead atoms. The lowest BCUT2D eigenvalue weighted by Crippen LogP contribution is -2.29. The summed E-state index contributed by atoms with van der Waals surface area (Å²) in [5, 5.41) is 5.59. The van der Waals surface area contributed by atoms with Crippen molar-refractivity contribution in [1.29, 1.82) is 0 Å². The molecule has 1 amide bonds. The second-order valence-electron chi connectivity index (χ2n) is 4.25. The minimum Gasteiger partial charge on any atom is -0.322 e. The van der Waals surface area contributed by atoms with Crippen LogP contribution in [-0.2, 0) is 4.79 Å². The van der Waals surface area contributed by atoms with Crippen molar-refractivity contribution in [2.75, 3.05) is 18.4 Å². The zero-order chi connectivity index (χ0) is 12.3. The van der Waals surface area contributed by atoms with Gasteiger partial charge in [-0.05, 0) is 43.5 Å². The highest BCUT2D eigenvalue weighted by Crippen LogP contribution is 2.27. The normalized spacial score (nSPS) is 13.9. The van der Waals surface area contributed by atoms with Gasteiger partial charge in [-0.1, -0.05) is 15.9 Å². The van der Waals surface area contributed by atoms with Crippen LogP contribution in [0.25, 0.3) is 0 Å². The smallest absolute Gasteiger partial charge is 0.238 e. The van der Waals surface area contributed by atoms with Crippen LogP contribution in [-0.4, -0.2) is 19.0 Å². The van der Waals surface area contributed by atoms with Gasteiger partial charge in [0.1, 0.15) is 5.82 Å². The van der Waals surface area contributed by atoms with E-state index in [0.717, 1.165) is 12.5 Å². The topological polar surface area (TPSA) is 41.1 Å². The van der Waals surface area contributed by atoms with Crippen LogP contribution in [0.3, 0.4) is 0 Å². The molecule has 0 spiro atoms. The Labute approximate surface area is 120 Å². The van der Waals surface area contributed by atoms with Gasteiger partial charge in [0.25, 0.3) is 0 Å². The van der Waals surface area contributed by atoms with E-state index in [9.17, 15) is 9.18 Å². The van der Waals surface area contributed by atoms with Crippen molar-refractivity contribution in [3.8, 4) is 0 Å². The van der Waals surface area contributed by atoms with Crippen molar-refractivity contribution in [3.63, 3.8) is 0 Å². The molecule has 1 saturated carbocycles. The molecule has 0 atom stereocenters. The number of carbonyl (C=O) groups excluding carboxylic acids is 1. The van der Waals surface area contributed by atoms with Gasteiger partial charge in [0, 0.05) is 4.47 Å². The van der Waals surface area contributed by atoms with E-state index < -0.39 is 5.82 Å². The number of halogens is 3. The Bertz CT molecular complexity index is 427. The third-order valence-electron chi connectivity index (χ3n) is 2.62. The third-order valence-corrected chi connectivity index (χ3v) is 3.11. The highest BCUT2D eigenvalue weighted by Gasteiger charge is 2.20. The van der Waals surface area contributed by atoms with Crippen molar-refractivity contribution >= 4 is 39.9 Å². The average molecular weight is 338 g/mol. The van der Waals surface area contributed by atoms with Crippen molar-refractivity contribution < 1.29 is 9.18 Å². The van der Waals surface area contributed by atoms with Gasteiger partial charge in [0.2, 0.25) is 5.91 Å². The summed E-state index contributed by atoms with van der Waals surface area (Å²) in [6, 6.07) is 4.56. The molecule has 0 unspecified atom stereocenters. The first-order valence-corrected chi connectivity index (χ1v) is 6.40. The number of amides is 1. The van der Waals surface area contributed by atoms with Gasteiger partial charge >= 0.3 is 0 Å². The molecule has 18 heavy (non-hydrogen) atoms. The lowest BCUT2D eigenvalue weighted by atomic mass is 10.3. The number of nitrogens with one attached hydrogen (secondary N) is 2. The minimum atomic E-state index is -0.435. The van der Waals surface area contributed by atoms with Crippen LogP contribution in [0, 0.1) is 11.7 Å². The van der Waals surface area contributed by atoms with Crippen molar-refractivity contribution in [3.05, 3.63) is 28.5 Å². The molecule has 1 fully saturated rings. The van der Waals surface area contributed by atoms with E-state index in [-0.39, 0.29) is 30.5 Å². The Hall–Kier alpha value is -0.650. The predicted octanol–water partition coefficient (Wildman–Crippen LogP) is 2.95. The summed E-state index contributed by atoms with van der Waals surface area (Å²) in [6.45, 7) is 1.10. The maximum absolute atomic E-state index is 13.4. The Morgan fingerprint density at radius 3 is 2.78 bits per heavy atom. The summed E-state index contributed by atoms with van der Waals surface area (Å²) in [5.74, 6) is 0.0778. The summed E-state index contributed by atoms with van der Waals surface area (Å²) >= 11 is 3.16. The monoisotopic (exact) mass is 336 g/mol. The first kappa shape index (κ1) is 15.4. The Morgan fingerprint density at radius 2 is 2.17 bits per heavy atom. The molecule has 0 saturated heterocycles. The van der Waals surface area contributed by atoms with E-state index >= 15 is 0 Å². The minimum absolute atomic E-state index is 0. The fourth-order valence-corrected chi connectivity index (χ4v) is 1.83. The zero-order valence-electron chi connectivity index (χ0n) is 9.71. The number of carbonyl (C=O) groups is 1. The van der Waals surface area contributed by atoms with Gasteiger partial charge in [-0.3, -0.25) is 4.79 Å². The summed E-state index contributed by atoms with van der Waals surface area (Å²) in [7, 11) is 0. The van der Waals surface area contributed by atoms with Gasteiger partial charge in [0.05, 0.1) is 12.2 Å². The van der Waals surface area contributed by atoms with Gasteiger partial charge in [-0.25, -0.2) is 4.39 Å². The van der Waals surface area contributed by atoms with Crippen LogP contribution in [0.4, 0.5) is 10.1 Å². The molecule has 1 aliphatic carbocycles. The summed E-state index contributed by atoms with van der Waals surface area (Å²) < 4.78 is 14.1. The number of anilines is 1. The zero-order valence-corrected chi connectivity index (χ0v) is 12.1. The fourth-order valence-electron chi connectivity index (χ4n) is 1.50. The number of hydrogen-bond donors (Lipinski definition) is 2. The van der Waals surface area contributed by atoms with Crippen LogP contribution < -0.4 is 10.6 Å². The van der Waals surface area contributed by atoms with Gasteiger partial charge in [-0.2, -0.15) is 0 Å². The number of hydrogen-bond acceptors (Lipinski definition) is 2. The summed E-state index contributed by atoms with van der Waals surface area (Å²) in [6.07, 6.45) is 2.49. The highest BCUT2D eigenvalue weighted by atomic mass is 79.9. The van der Waals surface area contributed by atoms with Gasteiger partial charge in [0.15, 0.2) is 0 Å². The van der Waals surface area contributed by atoms with E-state index in [0.29, 0.717) is 4.47 Å². The van der Waals surface area contributed by atoms with Crippen LogP contribution in [0.5, 0.6) is 0 Å². The molecule has 2 rings (SSSR count). The largest absolute Gasteiger partial charge is 0.322 e. The van der Waals surface area contributed by atoms with Crippen LogP contribution >= 0.6 is 28.3 Å². The average Bonchev–Trinajstić information content (AvgIpc) is 3.06. The highest BCUT2D eigenvalue weighted by molar-refractivity contribution is 9.10. The van der Waals surface area contributed by atoms with E-state index in [1.54, 1.807) is 6.07 Å². The van der Waals surface area contributed by atoms with Gasteiger partial charge < -0.3 is 10.6 Å². The lowest BCUT2D eigenvalue weighted by Gasteiger charge is -2.07. The molecule has 6 heteroatoms. The molecular formula is C12H15BrClFN2O. The van der Waals surface area contributed by atoms with Crippen molar-refractivity contribution in [2.24, 2.45) is 5.92 Å². The SMILES string of the molecule is Cl.O=C(CNCC1CC1)Nc1ccc(Br)cc1F. The molecule has 1 aliphatic rings. The second-order valence-corrected chi connectivity index (χ2v) is 5.16. The van der Waals surface area contributed by atoms with Crippen molar-refractivity contribution in [1.82, 2.24) is 5.32 Å². The maximum atomic E-state index is 13.4. The summed E-state index contributed by atoms with van der Waals surface area (Å²) in [4.78, 5) is 11.5. The first-order valence-electron chi connectivity index (χ1n) is 5.61. The molecule has 0 heterocycles. The quantitative estimate of drug-likeness (QED) is 0.867.